The summed E-state index contributed by atoms with van der Waals surface area (Å²) in [5.74, 6) is -0.951. The maximum Gasteiger partial charge on any atom is 0.321 e. The van der Waals surface area contributed by atoms with Crippen molar-refractivity contribution in [3.63, 3.8) is 0 Å². The lowest BCUT2D eigenvalue weighted by Gasteiger charge is -2.16. The number of carboxylic acid groups (broad SMARTS) is 1. The highest BCUT2D eigenvalue weighted by atomic mass is 16.4. The normalized spacial score (nSPS) is 13.3. The fraction of sp³-hybridized carbons (Fsp3) is 0.875. The van der Waals surface area contributed by atoms with Gasteiger partial charge in [0, 0.05) is 12.6 Å². The third kappa shape index (κ3) is 4.31. The molecule has 0 aliphatic heterocycles. The molecular formula is C8H18N2O2. The zero-order valence-corrected chi connectivity index (χ0v) is 7.71. The summed E-state index contributed by atoms with van der Waals surface area (Å²) in [6.07, 6.45) is 2.01. The molecule has 4 heteroatoms. The van der Waals surface area contributed by atoms with Crippen LogP contribution in [-0.4, -0.2) is 29.7 Å². The van der Waals surface area contributed by atoms with Crippen molar-refractivity contribution in [3.8, 4) is 0 Å². The first-order valence-corrected chi connectivity index (χ1v) is 4.33. The van der Waals surface area contributed by atoms with E-state index in [9.17, 15) is 4.79 Å². The molecule has 4 N–H and O–H groups in total. The van der Waals surface area contributed by atoms with Gasteiger partial charge in [-0.25, -0.2) is 0 Å². The number of carbonyl (C=O) groups is 1. The number of hydrogen-bond donors (Lipinski definition) is 3. The molecule has 0 rings (SSSR count). The molecule has 0 aliphatic carbocycles. The molecule has 0 aliphatic rings. The molecule has 0 fully saturated rings. The van der Waals surface area contributed by atoms with E-state index in [4.69, 9.17) is 10.8 Å². The van der Waals surface area contributed by atoms with Crippen molar-refractivity contribution in [2.75, 3.05) is 6.54 Å². The average Bonchev–Trinajstić information content (AvgIpc) is 2.05. The highest BCUT2D eigenvalue weighted by Gasteiger charge is 2.12. The van der Waals surface area contributed by atoms with Gasteiger partial charge in [0.05, 0.1) is 0 Å². The van der Waals surface area contributed by atoms with Crippen LogP contribution in [0.1, 0.15) is 26.7 Å². The first-order valence-electron chi connectivity index (χ1n) is 4.33. The molecule has 1 atom stereocenters. The van der Waals surface area contributed by atoms with E-state index in [1.54, 1.807) is 0 Å². The van der Waals surface area contributed by atoms with E-state index in [-0.39, 0.29) is 0 Å². The highest BCUT2D eigenvalue weighted by Crippen LogP contribution is 1.95. The zero-order valence-electron chi connectivity index (χ0n) is 7.71. The van der Waals surface area contributed by atoms with Gasteiger partial charge in [-0.2, -0.15) is 0 Å². The number of nitrogens with two attached hydrogens (primary N) is 1. The zero-order chi connectivity index (χ0) is 9.56. The standard InChI is InChI=1S/C8H18N2O2/c1-3-6(4-2)10-5-7(9)8(11)12/h6-7,10H,3-5,9H2,1-2H3,(H,11,12)/t7-/m0/s1. The van der Waals surface area contributed by atoms with E-state index < -0.39 is 12.0 Å². The summed E-state index contributed by atoms with van der Waals surface area (Å²) in [6, 6.07) is -0.402. The first kappa shape index (κ1) is 11.4. The van der Waals surface area contributed by atoms with Gasteiger partial charge >= 0.3 is 5.97 Å². The van der Waals surface area contributed by atoms with Crippen LogP contribution in [0.4, 0.5) is 0 Å². The lowest BCUT2D eigenvalue weighted by atomic mass is 10.1. The molecular weight excluding hydrogens is 156 g/mol. The number of hydrogen-bond acceptors (Lipinski definition) is 3. The summed E-state index contributed by atoms with van der Waals surface area (Å²) in [6.45, 7) is 4.47. The molecule has 0 saturated heterocycles. The molecule has 0 unspecified atom stereocenters. The quantitative estimate of drug-likeness (QED) is 0.537. The third-order valence-corrected chi connectivity index (χ3v) is 1.93. The second kappa shape index (κ2) is 5.97. The van der Waals surface area contributed by atoms with Gasteiger partial charge in [-0.1, -0.05) is 13.8 Å². The Bertz CT molecular complexity index is 135. The van der Waals surface area contributed by atoms with Crippen LogP contribution < -0.4 is 11.1 Å². The average molecular weight is 174 g/mol. The van der Waals surface area contributed by atoms with Gasteiger partial charge in [-0.05, 0) is 12.8 Å². The topological polar surface area (TPSA) is 75.3 Å². The van der Waals surface area contributed by atoms with Gasteiger partial charge in [0.2, 0.25) is 0 Å². The molecule has 0 heterocycles. The minimum absolute atomic E-state index is 0.349. The van der Waals surface area contributed by atoms with Crippen molar-refractivity contribution < 1.29 is 9.90 Å². The summed E-state index contributed by atoms with van der Waals surface area (Å²) in [5.41, 5.74) is 5.31. The van der Waals surface area contributed by atoms with E-state index >= 15 is 0 Å². The summed E-state index contributed by atoms with van der Waals surface area (Å²) >= 11 is 0. The van der Waals surface area contributed by atoms with Gasteiger partial charge in [0.15, 0.2) is 0 Å². The Morgan fingerprint density at radius 1 is 1.50 bits per heavy atom. The predicted molar refractivity (Wildman–Crippen MR) is 48.0 cm³/mol. The maximum atomic E-state index is 10.3. The minimum Gasteiger partial charge on any atom is -0.480 e. The van der Waals surface area contributed by atoms with E-state index in [1.807, 2.05) is 0 Å². The Morgan fingerprint density at radius 2 is 2.00 bits per heavy atom. The second-order valence-corrected chi connectivity index (χ2v) is 2.87. The molecule has 0 radical (unpaired) electrons. The smallest absolute Gasteiger partial charge is 0.321 e. The lowest BCUT2D eigenvalue weighted by Crippen LogP contribution is -2.43. The molecule has 4 nitrogen and oxygen atoms in total. The van der Waals surface area contributed by atoms with Gasteiger partial charge in [-0.3, -0.25) is 4.79 Å². The number of carboxylic acids is 1. The van der Waals surface area contributed by atoms with Crippen LogP contribution in [0, 0.1) is 0 Å². The molecule has 0 aromatic carbocycles. The Kier molecular flexibility index (Phi) is 5.66. The highest BCUT2D eigenvalue weighted by molar-refractivity contribution is 5.73. The molecule has 0 aromatic rings. The summed E-state index contributed by atoms with van der Waals surface area (Å²) in [7, 11) is 0. The van der Waals surface area contributed by atoms with Crippen molar-refractivity contribution in [2.24, 2.45) is 5.73 Å². The fourth-order valence-corrected chi connectivity index (χ4v) is 0.958. The maximum absolute atomic E-state index is 10.3. The number of nitrogens with one attached hydrogen (secondary N) is 1. The fourth-order valence-electron chi connectivity index (χ4n) is 0.958. The minimum atomic E-state index is -0.951. The van der Waals surface area contributed by atoms with Gasteiger partial charge in [0.1, 0.15) is 6.04 Å². The van der Waals surface area contributed by atoms with Crippen LogP contribution in [0.15, 0.2) is 0 Å². The SMILES string of the molecule is CCC(CC)NC[C@H](N)C(=O)O. The molecule has 0 saturated carbocycles. The van der Waals surface area contributed by atoms with Crippen molar-refractivity contribution in [3.05, 3.63) is 0 Å². The van der Waals surface area contributed by atoms with Crippen LogP contribution in [0.3, 0.4) is 0 Å². The molecule has 0 bridgehead atoms. The summed E-state index contributed by atoms with van der Waals surface area (Å²) in [4.78, 5) is 10.3. The molecule has 72 valence electrons. The van der Waals surface area contributed by atoms with Gasteiger partial charge < -0.3 is 16.2 Å². The largest absolute Gasteiger partial charge is 0.480 e. The van der Waals surface area contributed by atoms with Crippen LogP contribution in [-0.2, 0) is 4.79 Å². The third-order valence-electron chi connectivity index (χ3n) is 1.93. The van der Waals surface area contributed by atoms with Crippen molar-refractivity contribution in [1.29, 1.82) is 0 Å². The summed E-state index contributed by atoms with van der Waals surface area (Å²) < 4.78 is 0. The Hall–Kier alpha value is -0.610. The van der Waals surface area contributed by atoms with E-state index in [1.165, 1.54) is 0 Å². The van der Waals surface area contributed by atoms with E-state index in [0.29, 0.717) is 12.6 Å². The molecule has 0 amide bonds. The Morgan fingerprint density at radius 3 is 2.33 bits per heavy atom. The van der Waals surface area contributed by atoms with E-state index in [2.05, 4.69) is 19.2 Å². The van der Waals surface area contributed by atoms with Crippen molar-refractivity contribution in [1.82, 2.24) is 5.32 Å². The second-order valence-electron chi connectivity index (χ2n) is 2.87. The molecule has 0 aromatic heterocycles. The van der Waals surface area contributed by atoms with Crippen LogP contribution in [0.2, 0.25) is 0 Å². The van der Waals surface area contributed by atoms with Crippen molar-refractivity contribution >= 4 is 5.97 Å². The predicted octanol–water partition coefficient (Wildman–Crippen LogP) is 0.177. The molecule has 0 spiro atoms. The van der Waals surface area contributed by atoms with Gasteiger partial charge in [0.25, 0.3) is 0 Å². The number of rotatable bonds is 6. The number of aliphatic carboxylic acids is 1. The monoisotopic (exact) mass is 174 g/mol. The van der Waals surface area contributed by atoms with Crippen LogP contribution >= 0.6 is 0 Å². The van der Waals surface area contributed by atoms with Gasteiger partial charge in [-0.15, -0.1) is 0 Å². The first-order chi connectivity index (χ1) is 5.61. The molecule has 12 heavy (non-hydrogen) atoms. The Labute approximate surface area is 73.1 Å². The van der Waals surface area contributed by atoms with E-state index in [0.717, 1.165) is 12.8 Å². The Balaban J connectivity index is 3.58. The van der Waals surface area contributed by atoms with Crippen molar-refractivity contribution in [2.45, 2.75) is 38.8 Å². The summed E-state index contributed by atoms with van der Waals surface area (Å²) in [5, 5.41) is 11.6. The lowest BCUT2D eigenvalue weighted by molar-refractivity contribution is -0.138. The van der Waals surface area contributed by atoms with Crippen LogP contribution in [0.5, 0.6) is 0 Å². The van der Waals surface area contributed by atoms with Crippen LogP contribution in [0.25, 0.3) is 0 Å².